The molecule has 1 aromatic heterocycles. The summed E-state index contributed by atoms with van der Waals surface area (Å²) < 4.78 is 59.3. The van der Waals surface area contributed by atoms with Crippen molar-refractivity contribution in [1.29, 1.82) is 0 Å². The maximum atomic E-state index is 12.2. The molecule has 25 heavy (non-hydrogen) atoms. The summed E-state index contributed by atoms with van der Waals surface area (Å²) in [5.41, 5.74) is 0.905. The third-order valence-electron chi connectivity index (χ3n) is 2.99. The predicted octanol–water partition coefficient (Wildman–Crippen LogP) is -2.11. The molecule has 1 heterocycles. The maximum absolute atomic E-state index is 12.2. The van der Waals surface area contributed by atoms with Gasteiger partial charge in [0.05, 0.1) is 4.90 Å². The van der Waals surface area contributed by atoms with Gasteiger partial charge in [-0.2, -0.15) is 0 Å². The largest absolute Gasteiger partial charge is 1.00 e. The number of aryl methyl sites for hydroxylation is 1. The quantitative estimate of drug-likeness (QED) is 0.419. The second-order valence-electron chi connectivity index (χ2n) is 4.93. The van der Waals surface area contributed by atoms with E-state index in [9.17, 15) is 21.4 Å². The normalized spacial score (nSPS) is 12.8. The summed E-state index contributed by atoms with van der Waals surface area (Å²) in [4.78, 5) is 7.71. The van der Waals surface area contributed by atoms with E-state index < -0.39 is 25.5 Å². The van der Waals surface area contributed by atoms with Crippen LogP contribution in [0.5, 0.6) is 0 Å². The zero-order valence-corrected chi connectivity index (χ0v) is 17.4. The van der Waals surface area contributed by atoms with E-state index in [4.69, 9.17) is 0 Å². The molecule has 2 aromatic rings. The average molecular weight is 394 g/mol. The fourth-order valence-corrected chi connectivity index (χ4v) is 2.95. The molecular weight excluding hydrogens is 379 g/mol. The summed E-state index contributed by atoms with van der Waals surface area (Å²) >= 11 is 0. The Morgan fingerprint density at radius 2 is 1.68 bits per heavy atom. The van der Waals surface area contributed by atoms with Gasteiger partial charge in [-0.15, -0.1) is 0 Å². The number of nitrogens with zero attached hydrogens (tertiary/aromatic N) is 2. The third kappa shape index (κ3) is 6.20. The molecule has 0 spiro atoms. The van der Waals surface area contributed by atoms with E-state index in [1.807, 2.05) is 0 Å². The number of benzene rings is 1. The van der Waals surface area contributed by atoms with Gasteiger partial charge in [0.25, 0.3) is 10.0 Å². The second-order valence-corrected chi connectivity index (χ2v) is 8.31. The van der Waals surface area contributed by atoms with Gasteiger partial charge in [-0.3, -0.25) is 0 Å². The van der Waals surface area contributed by atoms with Crippen molar-refractivity contribution in [2.75, 3.05) is 10.0 Å². The van der Waals surface area contributed by atoms with Crippen LogP contribution in [0.4, 0.5) is 11.6 Å². The minimum atomic E-state index is -4.49. The molecule has 0 saturated heterocycles. The summed E-state index contributed by atoms with van der Waals surface area (Å²) in [6.45, 7) is 2.90. The molecule has 0 bridgehead atoms. The molecule has 0 aliphatic heterocycles. The SMILES string of the molecule is Cc1ccnc(NS(=O)(=O)c2ccc(NC(C)S(=O)(=O)[O-])cc2)n1.[Na+]. The Hall–Kier alpha value is -1.24. The number of sulfonamides is 1. The molecule has 1 unspecified atom stereocenters. The van der Waals surface area contributed by atoms with Crippen molar-refractivity contribution >= 4 is 31.8 Å². The van der Waals surface area contributed by atoms with Crippen molar-refractivity contribution in [3.8, 4) is 0 Å². The number of hydrogen-bond donors (Lipinski definition) is 2. The van der Waals surface area contributed by atoms with E-state index in [-0.39, 0.29) is 40.4 Å². The van der Waals surface area contributed by atoms with Crippen LogP contribution in [0.2, 0.25) is 0 Å². The van der Waals surface area contributed by atoms with Gasteiger partial charge in [0.2, 0.25) is 5.95 Å². The standard InChI is InChI=1S/C13H16N4O5S2.Na/c1-9-7-8-14-13(15-9)17-23(18,19)12-5-3-11(4-6-12)16-10(2)24(20,21)22;/h3-8,10,16H,1-2H3,(H,14,15,17)(H,20,21,22);/q;+1/p-1. The van der Waals surface area contributed by atoms with E-state index in [0.29, 0.717) is 11.4 Å². The first kappa shape index (κ1) is 21.8. The van der Waals surface area contributed by atoms with Crippen LogP contribution in [0.25, 0.3) is 0 Å². The summed E-state index contributed by atoms with van der Waals surface area (Å²) in [7, 11) is -8.38. The molecule has 130 valence electrons. The Kier molecular flexibility index (Phi) is 7.35. The Bertz CT molecular complexity index is 933. The molecule has 1 atom stereocenters. The predicted molar refractivity (Wildman–Crippen MR) is 86.8 cm³/mol. The van der Waals surface area contributed by atoms with Gasteiger partial charge >= 0.3 is 29.6 Å². The van der Waals surface area contributed by atoms with Crippen molar-refractivity contribution in [2.24, 2.45) is 0 Å². The van der Waals surface area contributed by atoms with Crippen LogP contribution < -0.4 is 39.6 Å². The van der Waals surface area contributed by atoms with Gasteiger partial charge in [-0.1, -0.05) is 0 Å². The van der Waals surface area contributed by atoms with Crippen LogP contribution in [-0.4, -0.2) is 36.7 Å². The number of nitrogens with one attached hydrogen (secondary N) is 2. The van der Waals surface area contributed by atoms with Crippen LogP contribution in [0.1, 0.15) is 12.6 Å². The van der Waals surface area contributed by atoms with Gasteiger partial charge in [-0.25, -0.2) is 31.5 Å². The average Bonchev–Trinajstić information content (AvgIpc) is 2.46. The van der Waals surface area contributed by atoms with Gasteiger partial charge < -0.3 is 9.87 Å². The Morgan fingerprint density at radius 1 is 1.08 bits per heavy atom. The summed E-state index contributed by atoms with van der Waals surface area (Å²) in [6, 6.07) is 6.87. The van der Waals surface area contributed by atoms with Crippen molar-refractivity contribution in [3.05, 3.63) is 42.2 Å². The molecule has 2 N–H and O–H groups in total. The molecule has 9 nitrogen and oxygen atoms in total. The van der Waals surface area contributed by atoms with E-state index in [1.54, 1.807) is 13.0 Å². The van der Waals surface area contributed by atoms with Crippen molar-refractivity contribution in [1.82, 2.24) is 9.97 Å². The zero-order valence-electron chi connectivity index (χ0n) is 13.8. The Labute approximate surface area is 168 Å². The van der Waals surface area contributed by atoms with Crippen LogP contribution in [0.3, 0.4) is 0 Å². The molecule has 0 aliphatic rings. The number of anilines is 2. The van der Waals surface area contributed by atoms with Gasteiger partial charge in [-0.05, 0) is 44.2 Å². The zero-order chi connectivity index (χ0) is 18.0. The Balaban J connectivity index is 0.00000312. The van der Waals surface area contributed by atoms with E-state index in [0.717, 1.165) is 0 Å². The fourth-order valence-electron chi connectivity index (χ4n) is 1.71. The van der Waals surface area contributed by atoms with E-state index >= 15 is 0 Å². The summed E-state index contributed by atoms with van der Waals surface area (Å²) in [6.07, 6.45) is 1.43. The monoisotopic (exact) mass is 394 g/mol. The summed E-state index contributed by atoms with van der Waals surface area (Å²) in [5.74, 6) is -0.0525. The first-order chi connectivity index (χ1) is 11.1. The maximum Gasteiger partial charge on any atom is 1.00 e. The van der Waals surface area contributed by atoms with Crippen molar-refractivity contribution in [2.45, 2.75) is 24.1 Å². The van der Waals surface area contributed by atoms with Crippen molar-refractivity contribution < 1.29 is 50.9 Å². The minimum Gasteiger partial charge on any atom is -0.746 e. The van der Waals surface area contributed by atoms with Crippen LogP contribution in [-0.2, 0) is 20.1 Å². The van der Waals surface area contributed by atoms with Gasteiger partial charge in [0.1, 0.15) is 15.5 Å². The molecular formula is C13H15N4NaO5S2. The van der Waals surface area contributed by atoms with E-state index in [1.165, 1.54) is 37.4 Å². The molecule has 2 rings (SSSR count). The minimum absolute atomic E-state index is 0. The third-order valence-corrected chi connectivity index (χ3v) is 5.32. The topological polar surface area (TPSA) is 141 Å². The van der Waals surface area contributed by atoms with Crippen LogP contribution in [0, 0.1) is 6.92 Å². The summed E-state index contributed by atoms with van der Waals surface area (Å²) in [5, 5.41) is 1.14. The Morgan fingerprint density at radius 3 is 2.20 bits per heavy atom. The van der Waals surface area contributed by atoms with Crippen LogP contribution in [0.15, 0.2) is 41.4 Å². The number of aromatic nitrogens is 2. The molecule has 0 saturated carbocycles. The molecule has 0 amide bonds. The van der Waals surface area contributed by atoms with Crippen molar-refractivity contribution in [3.63, 3.8) is 0 Å². The molecule has 1 aromatic carbocycles. The van der Waals surface area contributed by atoms with Gasteiger partial charge in [0, 0.05) is 17.6 Å². The number of rotatable bonds is 6. The first-order valence-electron chi connectivity index (χ1n) is 6.72. The van der Waals surface area contributed by atoms with Gasteiger partial charge in [0.15, 0.2) is 0 Å². The fraction of sp³-hybridized carbons (Fsp3) is 0.231. The molecule has 0 fully saturated rings. The second kappa shape index (κ2) is 8.43. The van der Waals surface area contributed by atoms with E-state index in [2.05, 4.69) is 20.0 Å². The molecule has 12 heteroatoms. The van der Waals surface area contributed by atoms with Crippen LogP contribution >= 0.6 is 0 Å². The molecule has 0 aliphatic carbocycles. The first-order valence-corrected chi connectivity index (χ1v) is 9.67. The molecule has 0 radical (unpaired) electrons. The number of hydrogen-bond acceptors (Lipinski definition) is 8. The smallest absolute Gasteiger partial charge is 0.746 e.